The number of hydrogen-bond donors (Lipinski definition) is 1. The molecule has 1 aromatic heterocycles. The maximum atomic E-state index is 11.6. The summed E-state index contributed by atoms with van der Waals surface area (Å²) in [6, 6.07) is 0. The van der Waals surface area contributed by atoms with Crippen LogP contribution < -0.4 is 5.69 Å². The Morgan fingerprint density at radius 3 is 2.54 bits per heavy atom. The molecule has 1 aromatic rings. The lowest BCUT2D eigenvalue weighted by molar-refractivity contribution is 0.271. The third kappa shape index (κ3) is 1.98. The summed E-state index contributed by atoms with van der Waals surface area (Å²) in [5, 5.41) is 12.6. The topological polar surface area (TPSA) is 60.1 Å². The van der Waals surface area contributed by atoms with E-state index < -0.39 is 0 Å². The molecule has 1 N–H and O–H groups in total. The van der Waals surface area contributed by atoms with Gasteiger partial charge in [-0.3, -0.25) is 4.57 Å². The minimum Gasteiger partial charge on any atom is -0.395 e. The van der Waals surface area contributed by atoms with Crippen LogP contribution in [0, 0.1) is 0 Å². The minimum atomic E-state index is -0.308. The van der Waals surface area contributed by atoms with E-state index in [1.54, 1.807) is 0 Å². The second-order valence-electron chi connectivity index (χ2n) is 3.91. The van der Waals surface area contributed by atoms with Gasteiger partial charge in [0.15, 0.2) is 0 Å². The molecule has 1 heterocycles. The van der Waals surface area contributed by atoms with E-state index in [0.29, 0.717) is 6.54 Å². The summed E-state index contributed by atoms with van der Waals surface area (Å²) < 4.78 is 2.80. The van der Waals surface area contributed by atoms with Crippen molar-refractivity contribution < 1.29 is 5.11 Å². The molecule has 0 aliphatic carbocycles. The van der Waals surface area contributed by atoms with E-state index in [9.17, 15) is 4.79 Å². The van der Waals surface area contributed by atoms with E-state index in [-0.39, 0.29) is 17.8 Å². The van der Waals surface area contributed by atoms with E-state index in [4.69, 9.17) is 5.11 Å². The Morgan fingerprint density at radius 2 is 2.15 bits per heavy atom. The van der Waals surface area contributed by atoms with Crippen LogP contribution in [0.4, 0.5) is 0 Å². The largest absolute Gasteiger partial charge is 0.395 e. The van der Waals surface area contributed by atoms with Gasteiger partial charge in [-0.15, -0.1) is 0 Å². The summed E-state index contributed by atoms with van der Waals surface area (Å²) in [5.74, 6) is 0. The smallest absolute Gasteiger partial charge is 0.346 e. The number of rotatable bonds is 2. The highest BCUT2D eigenvalue weighted by atomic mass is 16.3. The Morgan fingerprint density at radius 1 is 1.54 bits per heavy atom. The molecule has 0 fully saturated rings. The third-order valence-corrected chi connectivity index (χ3v) is 1.71. The molecule has 74 valence electrons. The van der Waals surface area contributed by atoms with Crippen LogP contribution in [0.2, 0.25) is 0 Å². The van der Waals surface area contributed by atoms with Crippen LogP contribution in [0.5, 0.6) is 0 Å². The van der Waals surface area contributed by atoms with Crippen molar-refractivity contribution in [2.75, 3.05) is 6.61 Å². The van der Waals surface area contributed by atoms with Crippen LogP contribution in [-0.4, -0.2) is 26.1 Å². The van der Waals surface area contributed by atoms with Crippen molar-refractivity contribution in [1.82, 2.24) is 14.3 Å². The molecule has 0 aromatic carbocycles. The first-order valence-electron chi connectivity index (χ1n) is 4.22. The van der Waals surface area contributed by atoms with E-state index >= 15 is 0 Å². The molecule has 0 bridgehead atoms. The van der Waals surface area contributed by atoms with Crippen molar-refractivity contribution in [3.8, 4) is 0 Å². The summed E-state index contributed by atoms with van der Waals surface area (Å²) in [5.41, 5.74) is -0.487. The van der Waals surface area contributed by atoms with Gasteiger partial charge in [0, 0.05) is 0 Å². The predicted molar refractivity (Wildman–Crippen MR) is 48.6 cm³/mol. The van der Waals surface area contributed by atoms with Crippen molar-refractivity contribution in [3.63, 3.8) is 0 Å². The van der Waals surface area contributed by atoms with Gasteiger partial charge < -0.3 is 5.11 Å². The van der Waals surface area contributed by atoms with Gasteiger partial charge in [0.2, 0.25) is 0 Å². The van der Waals surface area contributed by atoms with Crippen LogP contribution in [0.15, 0.2) is 11.1 Å². The van der Waals surface area contributed by atoms with Crippen molar-refractivity contribution >= 4 is 0 Å². The first kappa shape index (κ1) is 9.98. The summed E-state index contributed by atoms with van der Waals surface area (Å²) in [6.07, 6.45) is 1.45. The molecule has 5 nitrogen and oxygen atoms in total. The Balaban J connectivity index is 3.07. The van der Waals surface area contributed by atoms with Gasteiger partial charge in [0.25, 0.3) is 0 Å². The Labute approximate surface area is 76.6 Å². The highest BCUT2D eigenvalue weighted by Gasteiger charge is 2.17. The second-order valence-corrected chi connectivity index (χ2v) is 3.91. The second kappa shape index (κ2) is 3.33. The first-order chi connectivity index (χ1) is 5.96. The van der Waals surface area contributed by atoms with Gasteiger partial charge in [-0.05, 0) is 20.8 Å². The molecule has 0 spiro atoms. The molecule has 0 radical (unpaired) electrons. The van der Waals surface area contributed by atoms with Gasteiger partial charge in [0.1, 0.15) is 6.33 Å². The lowest BCUT2D eigenvalue weighted by atomic mass is 10.1. The highest BCUT2D eigenvalue weighted by molar-refractivity contribution is 4.76. The fourth-order valence-corrected chi connectivity index (χ4v) is 1.06. The lowest BCUT2D eigenvalue weighted by Gasteiger charge is -2.16. The SMILES string of the molecule is CC(C)(C)n1ncn(CCO)c1=O. The monoisotopic (exact) mass is 185 g/mol. The molecular formula is C8H15N3O2. The zero-order valence-electron chi connectivity index (χ0n) is 8.19. The molecule has 5 heteroatoms. The van der Waals surface area contributed by atoms with Gasteiger partial charge in [0.05, 0.1) is 18.7 Å². The lowest BCUT2D eigenvalue weighted by Crippen LogP contribution is -2.36. The molecule has 0 unspecified atom stereocenters. The van der Waals surface area contributed by atoms with Crippen molar-refractivity contribution in [1.29, 1.82) is 0 Å². The Hall–Kier alpha value is -1.10. The minimum absolute atomic E-state index is 0.0459. The quantitative estimate of drug-likeness (QED) is 0.693. The fourth-order valence-electron chi connectivity index (χ4n) is 1.06. The number of nitrogens with zero attached hydrogens (tertiary/aromatic N) is 3. The molecule has 0 saturated heterocycles. The summed E-state index contributed by atoms with van der Waals surface area (Å²) in [7, 11) is 0. The van der Waals surface area contributed by atoms with Crippen LogP contribution in [0.3, 0.4) is 0 Å². The molecule has 0 amide bonds. The number of aliphatic hydroxyl groups is 1. The zero-order chi connectivity index (χ0) is 10.1. The Kier molecular flexibility index (Phi) is 2.56. The number of aliphatic hydroxyl groups excluding tert-OH is 1. The maximum absolute atomic E-state index is 11.6. The normalized spacial score (nSPS) is 12.0. The maximum Gasteiger partial charge on any atom is 0.346 e. The highest BCUT2D eigenvalue weighted by Crippen LogP contribution is 2.07. The van der Waals surface area contributed by atoms with Crippen molar-refractivity contribution in [2.24, 2.45) is 0 Å². The Bertz CT molecular complexity index is 332. The van der Waals surface area contributed by atoms with Gasteiger partial charge in [-0.25, -0.2) is 9.48 Å². The van der Waals surface area contributed by atoms with Crippen LogP contribution >= 0.6 is 0 Å². The molecular weight excluding hydrogens is 170 g/mol. The first-order valence-corrected chi connectivity index (χ1v) is 4.22. The zero-order valence-corrected chi connectivity index (χ0v) is 8.19. The van der Waals surface area contributed by atoms with Crippen molar-refractivity contribution in [2.45, 2.75) is 32.9 Å². The van der Waals surface area contributed by atoms with Gasteiger partial charge in [-0.2, -0.15) is 5.10 Å². The molecule has 13 heavy (non-hydrogen) atoms. The average molecular weight is 185 g/mol. The number of aromatic nitrogens is 3. The molecule has 0 saturated carbocycles. The third-order valence-electron chi connectivity index (χ3n) is 1.71. The van der Waals surface area contributed by atoms with Gasteiger partial charge >= 0.3 is 5.69 Å². The van der Waals surface area contributed by atoms with E-state index in [1.165, 1.54) is 15.6 Å². The van der Waals surface area contributed by atoms with E-state index in [2.05, 4.69) is 5.10 Å². The average Bonchev–Trinajstić information content (AvgIpc) is 2.32. The summed E-state index contributed by atoms with van der Waals surface area (Å²) in [4.78, 5) is 11.6. The van der Waals surface area contributed by atoms with Crippen LogP contribution in [-0.2, 0) is 12.1 Å². The van der Waals surface area contributed by atoms with E-state index in [0.717, 1.165) is 0 Å². The predicted octanol–water partition coefficient (Wildman–Crippen LogP) is -0.208. The van der Waals surface area contributed by atoms with Gasteiger partial charge in [-0.1, -0.05) is 0 Å². The fraction of sp³-hybridized carbons (Fsp3) is 0.750. The summed E-state index contributed by atoms with van der Waals surface area (Å²) >= 11 is 0. The van der Waals surface area contributed by atoms with E-state index in [1.807, 2.05) is 20.8 Å². The van der Waals surface area contributed by atoms with Crippen LogP contribution in [0.25, 0.3) is 0 Å². The van der Waals surface area contributed by atoms with Crippen LogP contribution in [0.1, 0.15) is 20.8 Å². The molecule has 0 aliphatic heterocycles. The molecule has 1 rings (SSSR count). The standard InChI is InChI=1S/C8H15N3O2/c1-8(2,3)11-7(13)10(4-5-12)6-9-11/h6,12H,4-5H2,1-3H3. The van der Waals surface area contributed by atoms with Crippen molar-refractivity contribution in [3.05, 3.63) is 16.8 Å². The summed E-state index contributed by atoms with van der Waals surface area (Å²) in [6.45, 7) is 5.98. The molecule has 0 aliphatic rings. The number of hydrogen-bond acceptors (Lipinski definition) is 3. The molecule has 0 atom stereocenters.